The predicted octanol–water partition coefficient (Wildman–Crippen LogP) is 2.46. The van der Waals surface area contributed by atoms with Crippen LogP contribution in [0.3, 0.4) is 0 Å². The molecule has 110 valence electrons. The zero-order chi connectivity index (χ0) is 14.7. The van der Waals surface area contributed by atoms with Crippen molar-refractivity contribution in [1.29, 1.82) is 0 Å². The Morgan fingerprint density at radius 1 is 1.14 bits per heavy atom. The molecule has 0 bridgehead atoms. The van der Waals surface area contributed by atoms with Gasteiger partial charge in [-0.3, -0.25) is 0 Å². The highest BCUT2D eigenvalue weighted by Crippen LogP contribution is 2.21. The third kappa shape index (κ3) is 3.21. The van der Waals surface area contributed by atoms with Gasteiger partial charge in [0.05, 0.1) is 18.4 Å². The van der Waals surface area contributed by atoms with E-state index in [1.807, 2.05) is 36.1 Å². The largest absolute Gasteiger partial charge is 0.324 e. The van der Waals surface area contributed by atoms with Crippen molar-refractivity contribution in [2.24, 2.45) is 0 Å². The maximum atomic E-state index is 12.2. The summed E-state index contributed by atoms with van der Waals surface area (Å²) >= 11 is 0. The normalized spacial score (nSPS) is 16.0. The molecule has 1 aliphatic rings. The van der Waals surface area contributed by atoms with Crippen molar-refractivity contribution >= 4 is 11.7 Å². The molecule has 0 aliphatic carbocycles. The van der Waals surface area contributed by atoms with E-state index < -0.39 is 0 Å². The van der Waals surface area contributed by atoms with E-state index in [9.17, 15) is 4.79 Å². The van der Waals surface area contributed by atoms with Crippen LogP contribution in [-0.2, 0) is 0 Å². The van der Waals surface area contributed by atoms with Crippen LogP contribution < -0.4 is 5.32 Å². The first-order chi connectivity index (χ1) is 10.2. The van der Waals surface area contributed by atoms with Crippen LogP contribution in [0.25, 0.3) is 0 Å². The number of hydrogen-bond donors (Lipinski definition) is 1. The molecule has 0 radical (unpaired) electrons. The lowest BCUT2D eigenvalue weighted by Gasteiger charge is -2.31. The minimum Gasteiger partial charge on any atom is -0.324 e. The van der Waals surface area contributed by atoms with E-state index in [2.05, 4.69) is 15.5 Å². The minimum absolute atomic E-state index is 0.0364. The summed E-state index contributed by atoms with van der Waals surface area (Å²) in [5.41, 5.74) is 2.02. The Morgan fingerprint density at radius 3 is 2.38 bits per heavy atom. The standard InChI is InChI=1S/C15H19N5O/c1-12-2-4-13(5-3-12)18-15(21)19-10-6-14(7-11-19)20-16-8-9-17-20/h2-5,8-9,14H,6-7,10-11H2,1H3,(H,18,21). The lowest BCUT2D eigenvalue weighted by Crippen LogP contribution is -2.41. The number of piperidine rings is 1. The summed E-state index contributed by atoms with van der Waals surface area (Å²) < 4.78 is 0. The molecule has 1 fully saturated rings. The second-order valence-electron chi connectivity index (χ2n) is 5.36. The summed E-state index contributed by atoms with van der Waals surface area (Å²) in [5.74, 6) is 0. The van der Waals surface area contributed by atoms with Crippen molar-refractivity contribution in [1.82, 2.24) is 19.9 Å². The van der Waals surface area contributed by atoms with Gasteiger partial charge in [0.25, 0.3) is 0 Å². The number of benzene rings is 1. The zero-order valence-electron chi connectivity index (χ0n) is 12.1. The molecular formula is C15H19N5O. The number of carbonyl (C=O) groups is 1. The summed E-state index contributed by atoms with van der Waals surface area (Å²) in [6.07, 6.45) is 5.15. The molecule has 3 rings (SSSR count). The molecule has 2 aromatic rings. The van der Waals surface area contributed by atoms with Gasteiger partial charge in [-0.1, -0.05) is 17.7 Å². The van der Waals surface area contributed by atoms with Crippen LogP contribution in [-0.4, -0.2) is 39.0 Å². The number of aromatic nitrogens is 3. The zero-order valence-corrected chi connectivity index (χ0v) is 12.1. The maximum Gasteiger partial charge on any atom is 0.321 e. The van der Waals surface area contributed by atoms with Crippen LogP contribution in [0.1, 0.15) is 24.4 Å². The number of urea groups is 1. The van der Waals surface area contributed by atoms with Crippen molar-refractivity contribution in [2.45, 2.75) is 25.8 Å². The number of aryl methyl sites for hydroxylation is 1. The number of carbonyl (C=O) groups excluding carboxylic acids is 1. The van der Waals surface area contributed by atoms with Gasteiger partial charge in [-0.15, -0.1) is 0 Å². The van der Waals surface area contributed by atoms with Crippen molar-refractivity contribution in [2.75, 3.05) is 18.4 Å². The van der Waals surface area contributed by atoms with E-state index in [4.69, 9.17) is 0 Å². The Kier molecular flexibility index (Phi) is 3.85. The van der Waals surface area contributed by atoms with E-state index in [1.165, 1.54) is 5.56 Å². The van der Waals surface area contributed by atoms with Crippen LogP contribution in [0.15, 0.2) is 36.7 Å². The van der Waals surface area contributed by atoms with Gasteiger partial charge in [-0.05, 0) is 31.9 Å². The molecule has 2 amide bonds. The Labute approximate surface area is 123 Å². The van der Waals surface area contributed by atoms with Gasteiger partial charge in [0.1, 0.15) is 0 Å². The van der Waals surface area contributed by atoms with Gasteiger partial charge in [0, 0.05) is 18.8 Å². The average molecular weight is 285 g/mol. The lowest BCUT2D eigenvalue weighted by atomic mass is 10.1. The number of rotatable bonds is 2. The Bertz CT molecular complexity index is 585. The van der Waals surface area contributed by atoms with Gasteiger partial charge < -0.3 is 10.2 Å². The van der Waals surface area contributed by atoms with E-state index in [1.54, 1.807) is 17.2 Å². The number of anilines is 1. The molecule has 0 saturated carbocycles. The van der Waals surface area contributed by atoms with Gasteiger partial charge in [-0.25, -0.2) is 4.79 Å². The fraction of sp³-hybridized carbons (Fsp3) is 0.400. The lowest BCUT2D eigenvalue weighted by molar-refractivity contribution is 0.175. The van der Waals surface area contributed by atoms with E-state index >= 15 is 0 Å². The summed E-state index contributed by atoms with van der Waals surface area (Å²) in [5, 5.41) is 11.3. The van der Waals surface area contributed by atoms with Crippen LogP contribution in [0.5, 0.6) is 0 Å². The molecule has 0 spiro atoms. The van der Waals surface area contributed by atoms with Crippen molar-refractivity contribution < 1.29 is 4.79 Å². The Morgan fingerprint density at radius 2 is 1.76 bits per heavy atom. The first-order valence-corrected chi connectivity index (χ1v) is 7.21. The van der Waals surface area contributed by atoms with Crippen molar-refractivity contribution in [3.63, 3.8) is 0 Å². The molecule has 1 N–H and O–H groups in total. The summed E-state index contributed by atoms with van der Waals surface area (Å²) in [4.78, 5) is 15.8. The van der Waals surface area contributed by atoms with Gasteiger partial charge in [0.15, 0.2) is 0 Å². The highest BCUT2D eigenvalue weighted by atomic mass is 16.2. The van der Waals surface area contributed by atoms with Crippen LogP contribution in [0, 0.1) is 6.92 Å². The molecule has 2 heterocycles. The second kappa shape index (κ2) is 5.95. The van der Waals surface area contributed by atoms with Crippen molar-refractivity contribution in [3.8, 4) is 0 Å². The molecule has 1 aliphatic heterocycles. The molecule has 0 atom stereocenters. The summed E-state index contributed by atoms with van der Waals surface area (Å²) in [6, 6.07) is 8.09. The monoisotopic (exact) mass is 285 g/mol. The van der Waals surface area contributed by atoms with E-state index in [0.29, 0.717) is 6.04 Å². The van der Waals surface area contributed by atoms with Gasteiger partial charge >= 0.3 is 6.03 Å². The predicted molar refractivity (Wildman–Crippen MR) is 80.1 cm³/mol. The quantitative estimate of drug-likeness (QED) is 0.922. The number of nitrogens with zero attached hydrogens (tertiary/aromatic N) is 4. The average Bonchev–Trinajstić information content (AvgIpc) is 3.04. The number of likely N-dealkylation sites (tertiary alicyclic amines) is 1. The molecule has 0 unspecified atom stereocenters. The molecule has 21 heavy (non-hydrogen) atoms. The van der Waals surface area contributed by atoms with E-state index in [-0.39, 0.29) is 6.03 Å². The molecule has 6 nitrogen and oxygen atoms in total. The van der Waals surface area contributed by atoms with Crippen LogP contribution in [0.4, 0.5) is 10.5 Å². The molecule has 6 heteroatoms. The minimum atomic E-state index is -0.0364. The van der Waals surface area contributed by atoms with Gasteiger partial charge in [-0.2, -0.15) is 15.0 Å². The molecule has 1 saturated heterocycles. The van der Waals surface area contributed by atoms with Crippen LogP contribution >= 0.6 is 0 Å². The molecule has 1 aromatic heterocycles. The van der Waals surface area contributed by atoms with Crippen LogP contribution in [0.2, 0.25) is 0 Å². The number of nitrogens with one attached hydrogen (secondary N) is 1. The smallest absolute Gasteiger partial charge is 0.321 e. The Hall–Kier alpha value is -2.37. The number of amides is 2. The maximum absolute atomic E-state index is 12.2. The third-order valence-electron chi connectivity index (χ3n) is 3.82. The Balaban J connectivity index is 1.54. The first kappa shape index (κ1) is 13.6. The highest BCUT2D eigenvalue weighted by Gasteiger charge is 2.24. The SMILES string of the molecule is Cc1ccc(NC(=O)N2CCC(n3nccn3)CC2)cc1. The first-order valence-electron chi connectivity index (χ1n) is 7.21. The fourth-order valence-corrected chi connectivity index (χ4v) is 2.55. The fourth-order valence-electron chi connectivity index (χ4n) is 2.55. The third-order valence-corrected chi connectivity index (χ3v) is 3.82. The molecular weight excluding hydrogens is 266 g/mol. The summed E-state index contributed by atoms with van der Waals surface area (Å²) in [6.45, 7) is 3.48. The highest BCUT2D eigenvalue weighted by molar-refractivity contribution is 5.89. The number of hydrogen-bond acceptors (Lipinski definition) is 3. The second-order valence-corrected chi connectivity index (χ2v) is 5.36. The van der Waals surface area contributed by atoms with Crippen molar-refractivity contribution in [3.05, 3.63) is 42.2 Å². The van der Waals surface area contributed by atoms with E-state index in [0.717, 1.165) is 31.6 Å². The summed E-state index contributed by atoms with van der Waals surface area (Å²) in [7, 11) is 0. The van der Waals surface area contributed by atoms with Gasteiger partial charge in [0.2, 0.25) is 0 Å². The molecule has 1 aromatic carbocycles. The topological polar surface area (TPSA) is 63.1 Å².